The highest BCUT2D eigenvalue weighted by Gasteiger charge is 2.42. The van der Waals surface area contributed by atoms with E-state index in [4.69, 9.17) is 38.0 Å². The Balaban J connectivity index is 1.59. The first kappa shape index (κ1) is 29.6. The number of halogens is 2. The summed E-state index contributed by atoms with van der Waals surface area (Å²) in [5, 5.41) is 0.268. The summed E-state index contributed by atoms with van der Waals surface area (Å²) >= 11 is 12.8. The highest BCUT2D eigenvalue weighted by atomic mass is 35.5. The first-order chi connectivity index (χ1) is 19.3. The standard InChI is InChI=1S/C30H27ClFNO5S2/c1-3-15-37-29(35)27(20-9-6-5-7-10-20)33-28(34)26(40-30(33)39)17-19-13-14-24(25(16-19)36-4-2)38-18-21-22(31)11-8-12-23(21)32/h5-14,16-17,27H,3-4,15,18H2,1-2H3/b26-17+. The van der Waals surface area contributed by atoms with E-state index >= 15 is 0 Å². The van der Waals surface area contributed by atoms with Gasteiger partial charge in [0.1, 0.15) is 16.7 Å². The molecule has 208 valence electrons. The van der Waals surface area contributed by atoms with E-state index in [1.165, 1.54) is 17.0 Å². The molecule has 1 amide bonds. The molecule has 1 unspecified atom stereocenters. The molecule has 1 aliphatic heterocycles. The predicted molar refractivity (Wildman–Crippen MR) is 159 cm³/mol. The van der Waals surface area contributed by atoms with Crippen molar-refractivity contribution in [2.75, 3.05) is 13.2 Å². The normalized spacial score (nSPS) is 14.9. The van der Waals surface area contributed by atoms with E-state index in [1.54, 1.807) is 54.6 Å². The molecule has 10 heteroatoms. The summed E-state index contributed by atoms with van der Waals surface area (Å²) in [5.74, 6) is -0.583. The van der Waals surface area contributed by atoms with Crippen LogP contribution in [0.1, 0.15) is 43.0 Å². The van der Waals surface area contributed by atoms with Gasteiger partial charge >= 0.3 is 5.97 Å². The van der Waals surface area contributed by atoms with E-state index in [2.05, 4.69) is 0 Å². The molecule has 0 spiro atoms. The SMILES string of the molecule is CCCOC(=O)C(c1ccccc1)N1C(=O)/C(=C\c2ccc(OCc3c(F)cccc3Cl)c(OCC)c2)SC1=S. The smallest absolute Gasteiger partial charge is 0.333 e. The van der Waals surface area contributed by atoms with Gasteiger partial charge in [-0.1, -0.05) is 85.0 Å². The molecule has 0 bridgehead atoms. The average molecular weight is 600 g/mol. The van der Waals surface area contributed by atoms with Crippen molar-refractivity contribution < 1.29 is 28.2 Å². The lowest BCUT2D eigenvalue weighted by atomic mass is 10.1. The van der Waals surface area contributed by atoms with Gasteiger partial charge in [-0.3, -0.25) is 9.69 Å². The summed E-state index contributed by atoms with van der Waals surface area (Å²) in [6, 6.07) is 17.5. The van der Waals surface area contributed by atoms with Gasteiger partial charge in [-0.2, -0.15) is 0 Å². The maximum absolute atomic E-state index is 14.2. The minimum Gasteiger partial charge on any atom is -0.490 e. The lowest BCUT2D eigenvalue weighted by Gasteiger charge is -2.25. The fourth-order valence-corrected chi connectivity index (χ4v) is 5.51. The number of ether oxygens (including phenoxy) is 3. The molecule has 1 fully saturated rings. The van der Waals surface area contributed by atoms with Gasteiger partial charge in [0.25, 0.3) is 5.91 Å². The molecule has 0 aliphatic carbocycles. The Kier molecular flexibility index (Phi) is 10.2. The molecule has 3 aromatic carbocycles. The average Bonchev–Trinajstić information content (AvgIpc) is 3.21. The Morgan fingerprint density at radius 2 is 1.85 bits per heavy atom. The number of rotatable bonds is 11. The van der Waals surface area contributed by atoms with Crippen LogP contribution in [0.4, 0.5) is 4.39 Å². The molecule has 0 aromatic heterocycles. The zero-order valence-electron chi connectivity index (χ0n) is 21.9. The number of esters is 1. The molecule has 1 atom stereocenters. The fraction of sp³-hybridized carbons (Fsp3) is 0.233. The van der Waals surface area contributed by atoms with Crippen molar-refractivity contribution >= 4 is 57.9 Å². The fourth-order valence-electron chi connectivity index (χ4n) is 3.98. The van der Waals surface area contributed by atoms with E-state index < -0.39 is 23.7 Å². The Labute approximate surface area is 247 Å². The molecule has 6 nitrogen and oxygen atoms in total. The summed E-state index contributed by atoms with van der Waals surface area (Å²) in [5.41, 5.74) is 1.51. The maximum Gasteiger partial charge on any atom is 0.333 e. The number of hydrogen-bond donors (Lipinski definition) is 0. The first-order valence-corrected chi connectivity index (χ1v) is 14.3. The second kappa shape index (κ2) is 13.8. The van der Waals surface area contributed by atoms with Crippen LogP contribution >= 0.6 is 35.6 Å². The van der Waals surface area contributed by atoms with Gasteiger partial charge in [-0.05, 0) is 54.8 Å². The first-order valence-electron chi connectivity index (χ1n) is 12.6. The molecule has 1 aliphatic rings. The molecule has 0 N–H and O–H groups in total. The lowest BCUT2D eigenvalue weighted by Crippen LogP contribution is -2.38. The van der Waals surface area contributed by atoms with Crippen LogP contribution in [0.3, 0.4) is 0 Å². The Hall–Kier alpha value is -3.40. The van der Waals surface area contributed by atoms with Gasteiger partial charge in [-0.25, -0.2) is 9.18 Å². The van der Waals surface area contributed by atoms with E-state index in [-0.39, 0.29) is 28.1 Å². The van der Waals surface area contributed by atoms with Gasteiger partial charge in [0.2, 0.25) is 0 Å². The lowest BCUT2D eigenvalue weighted by molar-refractivity contribution is -0.151. The number of benzene rings is 3. The van der Waals surface area contributed by atoms with E-state index in [0.29, 0.717) is 40.6 Å². The van der Waals surface area contributed by atoms with Crippen molar-refractivity contribution in [1.29, 1.82) is 0 Å². The quantitative estimate of drug-likeness (QED) is 0.130. The molecular weight excluding hydrogens is 573 g/mol. The molecule has 1 saturated heterocycles. The molecule has 40 heavy (non-hydrogen) atoms. The summed E-state index contributed by atoms with van der Waals surface area (Å²) in [6.45, 7) is 4.25. The summed E-state index contributed by atoms with van der Waals surface area (Å²) in [6.07, 6.45) is 2.33. The monoisotopic (exact) mass is 599 g/mol. The third-order valence-electron chi connectivity index (χ3n) is 5.87. The maximum atomic E-state index is 14.2. The van der Waals surface area contributed by atoms with Crippen LogP contribution in [-0.4, -0.2) is 34.3 Å². The minimum absolute atomic E-state index is 0.0847. The van der Waals surface area contributed by atoms with Crippen molar-refractivity contribution in [3.8, 4) is 11.5 Å². The molecule has 4 rings (SSSR count). The number of hydrogen-bond acceptors (Lipinski definition) is 7. The van der Waals surface area contributed by atoms with Crippen molar-refractivity contribution in [3.63, 3.8) is 0 Å². The van der Waals surface area contributed by atoms with Crippen molar-refractivity contribution in [1.82, 2.24) is 4.90 Å². The number of amides is 1. The minimum atomic E-state index is -0.994. The predicted octanol–water partition coefficient (Wildman–Crippen LogP) is 7.35. The number of nitrogens with zero attached hydrogens (tertiary/aromatic N) is 1. The summed E-state index contributed by atoms with van der Waals surface area (Å²) < 4.78 is 31.4. The highest BCUT2D eigenvalue weighted by Crippen LogP contribution is 2.40. The third-order valence-corrected chi connectivity index (χ3v) is 7.55. The van der Waals surface area contributed by atoms with Crippen LogP contribution < -0.4 is 9.47 Å². The van der Waals surface area contributed by atoms with Crippen molar-refractivity contribution in [2.24, 2.45) is 0 Å². The summed E-state index contributed by atoms with van der Waals surface area (Å²) in [7, 11) is 0. The highest BCUT2D eigenvalue weighted by molar-refractivity contribution is 8.26. The second-order valence-electron chi connectivity index (χ2n) is 8.66. The largest absolute Gasteiger partial charge is 0.490 e. The Morgan fingerprint density at radius 3 is 2.55 bits per heavy atom. The van der Waals surface area contributed by atoms with Crippen molar-refractivity contribution in [3.05, 3.63) is 99.2 Å². The van der Waals surface area contributed by atoms with Gasteiger partial charge < -0.3 is 14.2 Å². The van der Waals surface area contributed by atoms with Crippen LogP contribution in [0.2, 0.25) is 5.02 Å². The number of thioether (sulfide) groups is 1. The zero-order chi connectivity index (χ0) is 28.6. The van der Waals surface area contributed by atoms with Crippen molar-refractivity contribution in [2.45, 2.75) is 32.9 Å². The van der Waals surface area contributed by atoms with E-state index in [1.807, 2.05) is 19.9 Å². The molecule has 3 aromatic rings. The zero-order valence-corrected chi connectivity index (χ0v) is 24.3. The van der Waals surface area contributed by atoms with E-state index in [0.717, 1.165) is 11.8 Å². The topological polar surface area (TPSA) is 65.1 Å². The molecular formula is C30H27ClFNO5S2. The van der Waals surface area contributed by atoms with Gasteiger partial charge in [-0.15, -0.1) is 0 Å². The van der Waals surface area contributed by atoms with Crippen LogP contribution in [0.25, 0.3) is 6.08 Å². The summed E-state index contributed by atoms with van der Waals surface area (Å²) in [4.78, 5) is 28.2. The number of thiocarbonyl (C=S) groups is 1. The number of carbonyl (C=O) groups is 2. The third kappa shape index (κ3) is 6.83. The van der Waals surface area contributed by atoms with Crippen LogP contribution in [0.15, 0.2) is 71.6 Å². The Bertz CT molecular complexity index is 1410. The Morgan fingerprint density at radius 1 is 1.07 bits per heavy atom. The van der Waals surface area contributed by atoms with Crippen LogP contribution in [-0.2, 0) is 20.9 Å². The molecule has 0 saturated carbocycles. The van der Waals surface area contributed by atoms with Gasteiger partial charge in [0.15, 0.2) is 17.5 Å². The molecule has 0 radical (unpaired) electrons. The van der Waals surface area contributed by atoms with E-state index in [9.17, 15) is 14.0 Å². The second-order valence-corrected chi connectivity index (χ2v) is 10.7. The van der Waals surface area contributed by atoms with Crippen LogP contribution in [0.5, 0.6) is 11.5 Å². The van der Waals surface area contributed by atoms with Crippen LogP contribution in [0, 0.1) is 5.82 Å². The van der Waals surface area contributed by atoms with Gasteiger partial charge in [0.05, 0.1) is 23.1 Å². The molecule has 1 heterocycles. The van der Waals surface area contributed by atoms with Gasteiger partial charge in [0, 0.05) is 5.56 Å². The number of carbonyl (C=O) groups excluding carboxylic acids is 2.